The Morgan fingerprint density at radius 2 is 1.52 bits per heavy atom. The molecule has 19 heteroatoms. The molecule has 6 atom stereocenters. The Morgan fingerprint density at radius 3 is 2.14 bits per heavy atom. The minimum atomic E-state index is -5.25. The average molecular weight is 939 g/mol. The first-order valence-corrected chi connectivity index (χ1v) is 21.4. The van der Waals surface area contributed by atoms with Crippen molar-refractivity contribution in [3.63, 3.8) is 0 Å². The van der Waals surface area contributed by atoms with Crippen molar-refractivity contribution in [1.29, 1.82) is 0 Å². The van der Waals surface area contributed by atoms with Gasteiger partial charge in [0.05, 0.1) is 59.1 Å². The molecule has 11 nitrogen and oxygen atoms in total. The maximum Gasteiger partial charge on any atom is 0.416 e. The van der Waals surface area contributed by atoms with E-state index in [0.29, 0.717) is 38.9 Å². The van der Waals surface area contributed by atoms with Crippen LogP contribution in [-0.2, 0) is 38.6 Å². The number of aryl methyl sites for hydroxylation is 2. The number of carbonyl (C=O) groups excluding carboxylic acids is 4. The maximum atomic E-state index is 15.2. The highest BCUT2D eigenvalue weighted by Gasteiger charge is 2.67. The number of aromatic nitrogens is 2. The maximum absolute atomic E-state index is 15.2. The van der Waals surface area contributed by atoms with Gasteiger partial charge in [-0.2, -0.15) is 31.4 Å². The van der Waals surface area contributed by atoms with Crippen molar-refractivity contribution in [2.75, 3.05) is 24.0 Å². The molecule has 2 saturated heterocycles. The van der Waals surface area contributed by atoms with Crippen LogP contribution in [0.1, 0.15) is 42.0 Å². The van der Waals surface area contributed by atoms with Gasteiger partial charge in [0.2, 0.25) is 29.4 Å². The fraction of sp³-hybridized carbons (Fsp3) is 0.326. The number of allylic oxidation sites excluding steroid dienone is 3. The van der Waals surface area contributed by atoms with Crippen LogP contribution in [0.5, 0.6) is 17.2 Å². The lowest BCUT2D eigenvalue weighted by Gasteiger charge is -2.47. The van der Waals surface area contributed by atoms with Gasteiger partial charge in [-0.05, 0) is 97.7 Å². The number of anilines is 2. The molecule has 6 unspecified atom stereocenters. The third-order valence-corrected chi connectivity index (χ3v) is 14.9. The largest absolute Gasteiger partial charge is 0.502 e. The fourth-order valence-electron chi connectivity index (χ4n) is 10.2. The minimum absolute atomic E-state index is 0.0649. The molecule has 2 aliphatic heterocycles. The second-order valence-corrected chi connectivity index (χ2v) is 18.3. The lowest BCUT2D eigenvalue weighted by atomic mass is 9.52. The predicted molar refractivity (Wildman–Crippen MR) is 228 cm³/mol. The highest BCUT2D eigenvalue weighted by atomic mass is 35.5. The monoisotopic (exact) mass is 938 g/mol. The number of phenolic OH excluding ortho intramolecular Hbond substituents is 1. The van der Waals surface area contributed by atoms with Crippen molar-refractivity contribution >= 4 is 74.2 Å². The molecule has 0 spiro atoms. The number of imide groups is 2. The molecule has 9 rings (SSSR count). The van der Waals surface area contributed by atoms with Crippen LogP contribution in [0, 0.1) is 41.9 Å². The first kappa shape index (κ1) is 44.1. The summed E-state index contributed by atoms with van der Waals surface area (Å²) < 4.78 is 96.9. The fourth-order valence-corrected chi connectivity index (χ4v) is 11.5. The molecule has 338 valence electrons. The standard InChI is InChI=1S/C46H37ClF6N4O7S/c1-20-28-17-24(47)7-11-35(28)65-39(20)32-19-36(55(3)54-32)57-41(60)31-18-29-26(30(44(31,2)43(57)62)10-6-21-12-33(63-4)38(58)34(13-21)64-5)8-9-27-37(29)42(61)56(40(27)59)25-15-22(45(48,49)50)14-23(16-25)46(51,52)53/h6-8,10-17,19,27,29-31,37,58H,9,18H2,1-5H3. The van der Waals surface area contributed by atoms with Gasteiger partial charge in [-0.1, -0.05) is 35.4 Å². The molecule has 3 aromatic carbocycles. The van der Waals surface area contributed by atoms with Crippen LogP contribution >= 0.6 is 22.9 Å². The number of alkyl halides is 6. The number of hydrogen-bond acceptors (Lipinski definition) is 9. The zero-order valence-electron chi connectivity index (χ0n) is 35.0. The number of methoxy groups -OCH3 is 2. The molecule has 4 amide bonds. The van der Waals surface area contributed by atoms with E-state index in [2.05, 4.69) is 0 Å². The van der Waals surface area contributed by atoms with E-state index < -0.39 is 87.8 Å². The minimum Gasteiger partial charge on any atom is -0.502 e. The summed E-state index contributed by atoms with van der Waals surface area (Å²) in [6, 6.07) is 10.8. The van der Waals surface area contributed by atoms with E-state index in [1.807, 2.05) is 19.1 Å². The van der Waals surface area contributed by atoms with Gasteiger partial charge in [-0.25, -0.2) is 9.80 Å². The van der Waals surface area contributed by atoms with Gasteiger partial charge in [0.1, 0.15) is 11.5 Å². The van der Waals surface area contributed by atoms with Gasteiger partial charge < -0.3 is 14.6 Å². The topological polar surface area (TPSA) is 131 Å². The number of rotatable bonds is 7. The Labute approximate surface area is 375 Å². The second-order valence-electron chi connectivity index (χ2n) is 16.8. The highest BCUT2D eigenvalue weighted by Crippen LogP contribution is 2.61. The number of hydrogen-bond donors (Lipinski definition) is 1. The first-order valence-electron chi connectivity index (χ1n) is 20.2. The van der Waals surface area contributed by atoms with Crippen LogP contribution in [0.25, 0.3) is 26.7 Å². The second kappa shape index (κ2) is 15.2. The third-order valence-electron chi connectivity index (χ3n) is 13.4. The van der Waals surface area contributed by atoms with Crippen LogP contribution in [0.3, 0.4) is 0 Å². The average Bonchev–Trinajstić information content (AvgIpc) is 3.92. The summed E-state index contributed by atoms with van der Waals surface area (Å²) in [5.74, 6) is -8.73. The van der Waals surface area contributed by atoms with E-state index in [0.717, 1.165) is 25.4 Å². The zero-order valence-corrected chi connectivity index (χ0v) is 36.5. The SMILES string of the molecule is COc1cc(C=CC2C3=CCC4C(=O)N(c5cc(C(F)(F)F)cc(C(F)(F)F)c5)C(=O)C4C3CC3C(=O)N(c4cc(-c5sc6ccc(Cl)cc6c5C)nn4C)C(=O)C23C)cc(OC)c1O. The van der Waals surface area contributed by atoms with Crippen LogP contribution in [0.2, 0.25) is 5.02 Å². The van der Waals surface area contributed by atoms with Crippen molar-refractivity contribution in [3.05, 3.63) is 99.6 Å². The number of benzene rings is 3. The van der Waals surface area contributed by atoms with Crippen molar-refractivity contribution in [1.82, 2.24) is 9.78 Å². The number of phenols is 1. The molecule has 0 radical (unpaired) electrons. The molecule has 4 heterocycles. The van der Waals surface area contributed by atoms with E-state index in [1.54, 1.807) is 44.3 Å². The van der Waals surface area contributed by atoms with Gasteiger partial charge in [0, 0.05) is 28.8 Å². The zero-order chi connectivity index (χ0) is 46.8. The summed E-state index contributed by atoms with van der Waals surface area (Å²) >= 11 is 7.76. The Bertz CT molecular complexity index is 2900. The van der Waals surface area contributed by atoms with E-state index in [9.17, 15) is 45.8 Å². The van der Waals surface area contributed by atoms with Gasteiger partial charge in [-0.3, -0.25) is 23.9 Å². The number of carbonyl (C=O) groups is 4. The number of nitrogens with zero attached hydrogens (tertiary/aromatic N) is 4. The Balaban J connectivity index is 1.15. The number of halogens is 7. The van der Waals surface area contributed by atoms with Gasteiger partial charge in [-0.15, -0.1) is 11.3 Å². The van der Waals surface area contributed by atoms with Crippen molar-refractivity contribution in [2.45, 2.75) is 39.0 Å². The first-order chi connectivity index (χ1) is 30.6. The van der Waals surface area contributed by atoms with Gasteiger partial charge in [0.25, 0.3) is 0 Å². The molecule has 2 aromatic heterocycles. The highest BCUT2D eigenvalue weighted by molar-refractivity contribution is 7.22. The van der Waals surface area contributed by atoms with Gasteiger partial charge in [0.15, 0.2) is 11.5 Å². The summed E-state index contributed by atoms with van der Waals surface area (Å²) in [7, 11) is 4.27. The quantitative estimate of drug-likeness (QED) is 0.0970. The van der Waals surface area contributed by atoms with Crippen LogP contribution < -0.4 is 19.3 Å². The Hall–Kier alpha value is -6.14. The number of amides is 4. The van der Waals surface area contributed by atoms with E-state index in [-0.39, 0.29) is 42.0 Å². The summed E-state index contributed by atoms with van der Waals surface area (Å²) in [4.78, 5) is 61.0. The van der Waals surface area contributed by atoms with Crippen LogP contribution in [0.15, 0.2) is 72.3 Å². The number of thiophene rings is 1. The molecule has 5 aromatic rings. The van der Waals surface area contributed by atoms with Gasteiger partial charge >= 0.3 is 12.4 Å². The third kappa shape index (κ3) is 6.81. The molecule has 3 fully saturated rings. The smallest absolute Gasteiger partial charge is 0.416 e. The lowest BCUT2D eigenvalue weighted by molar-refractivity contribution is -0.143. The number of fused-ring (bicyclic) bond motifs is 5. The molecule has 4 aliphatic rings. The summed E-state index contributed by atoms with van der Waals surface area (Å²) in [6.07, 6.45) is -5.80. The molecular formula is C46H37ClF6N4O7S. The molecule has 2 aliphatic carbocycles. The van der Waals surface area contributed by atoms with Crippen molar-refractivity contribution in [2.24, 2.45) is 42.1 Å². The van der Waals surface area contributed by atoms with Crippen molar-refractivity contribution in [3.8, 4) is 27.8 Å². The van der Waals surface area contributed by atoms with E-state index >= 15 is 4.79 Å². The van der Waals surface area contributed by atoms with Crippen LogP contribution in [0.4, 0.5) is 37.8 Å². The molecule has 0 bridgehead atoms. The van der Waals surface area contributed by atoms with Crippen molar-refractivity contribution < 1.29 is 60.1 Å². The molecular weight excluding hydrogens is 902 g/mol. The summed E-state index contributed by atoms with van der Waals surface area (Å²) in [5.41, 5.74) is -3.49. The van der Waals surface area contributed by atoms with Crippen LogP contribution in [-0.4, -0.2) is 52.7 Å². The molecule has 1 saturated carbocycles. The summed E-state index contributed by atoms with van der Waals surface area (Å²) in [5, 5.41) is 16.8. The molecule has 65 heavy (non-hydrogen) atoms. The Morgan fingerprint density at radius 1 is 0.877 bits per heavy atom. The normalized spacial score (nSPS) is 24.6. The lowest BCUT2D eigenvalue weighted by Crippen LogP contribution is -2.49. The van der Waals surface area contributed by atoms with E-state index in [4.69, 9.17) is 26.2 Å². The summed E-state index contributed by atoms with van der Waals surface area (Å²) in [6.45, 7) is 3.55. The predicted octanol–water partition coefficient (Wildman–Crippen LogP) is 10.0. The van der Waals surface area contributed by atoms with E-state index in [1.165, 1.54) is 42.4 Å². The Kier molecular flexibility index (Phi) is 10.3. The molecule has 1 N–H and O–H groups in total. The number of ether oxygens (including phenoxy) is 2. The number of aromatic hydroxyl groups is 1.